The third-order valence-electron chi connectivity index (χ3n) is 3.02. The second-order valence-corrected chi connectivity index (χ2v) is 4.52. The fourth-order valence-corrected chi connectivity index (χ4v) is 2.01. The largest absolute Gasteiger partial charge is 0.478 e. The third kappa shape index (κ3) is 3.10. The van der Waals surface area contributed by atoms with Crippen LogP contribution in [-0.4, -0.2) is 23.1 Å². The first-order valence-corrected chi connectivity index (χ1v) is 6.02. The first-order valence-electron chi connectivity index (χ1n) is 6.02. The highest BCUT2D eigenvalue weighted by Gasteiger charge is 2.06. The summed E-state index contributed by atoms with van der Waals surface area (Å²) < 4.78 is 0. The molecule has 2 rings (SSSR count). The number of rotatable bonds is 4. The Morgan fingerprint density at radius 1 is 1.26 bits per heavy atom. The smallest absolute Gasteiger partial charge is 0.335 e. The Hall–Kier alpha value is -2.36. The molecule has 0 aliphatic heterocycles. The quantitative estimate of drug-likeness (QED) is 0.913. The molecule has 0 atom stereocenters. The van der Waals surface area contributed by atoms with E-state index in [0.717, 1.165) is 23.4 Å². The lowest BCUT2D eigenvalue weighted by atomic mass is 10.1. The maximum Gasteiger partial charge on any atom is 0.335 e. The molecule has 1 N–H and O–H groups in total. The number of aromatic carboxylic acids is 1. The summed E-state index contributed by atoms with van der Waals surface area (Å²) in [6, 6.07) is 8.92. The van der Waals surface area contributed by atoms with Gasteiger partial charge in [0, 0.05) is 31.7 Å². The monoisotopic (exact) mass is 256 g/mol. The lowest BCUT2D eigenvalue weighted by Crippen LogP contribution is -2.17. The van der Waals surface area contributed by atoms with Crippen LogP contribution >= 0.6 is 0 Å². The van der Waals surface area contributed by atoms with Crippen molar-refractivity contribution in [3.05, 3.63) is 59.4 Å². The average Bonchev–Trinajstić information content (AvgIpc) is 2.39. The Bertz CT molecular complexity index is 579. The summed E-state index contributed by atoms with van der Waals surface area (Å²) in [5.74, 6) is -0.898. The van der Waals surface area contributed by atoms with Crippen molar-refractivity contribution in [1.82, 2.24) is 4.98 Å². The van der Waals surface area contributed by atoms with Crippen LogP contribution in [0.1, 0.15) is 21.5 Å². The van der Waals surface area contributed by atoms with Crippen molar-refractivity contribution < 1.29 is 9.90 Å². The van der Waals surface area contributed by atoms with Gasteiger partial charge in [-0.3, -0.25) is 4.98 Å². The van der Waals surface area contributed by atoms with Crippen molar-refractivity contribution in [2.75, 3.05) is 11.9 Å². The Morgan fingerprint density at radius 2 is 1.95 bits per heavy atom. The minimum atomic E-state index is -0.898. The molecule has 0 amide bonds. The van der Waals surface area contributed by atoms with Gasteiger partial charge in [0.05, 0.1) is 5.56 Å². The number of pyridine rings is 1. The van der Waals surface area contributed by atoms with Crippen molar-refractivity contribution >= 4 is 11.7 Å². The second kappa shape index (κ2) is 5.52. The van der Waals surface area contributed by atoms with Crippen LogP contribution in [0.25, 0.3) is 0 Å². The standard InChI is InChI=1S/C15H16N2O2/c1-11-9-16-8-7-14(11)17(2)10-12-3-5-13(6-4-12)15(18)19/h3-9H,10H2,1-2H3,(H,18,19). The van der Waals surface area contributed by atoms with Gasteiger partial charge in [0.2, 0.25) is 0 Å². The maximum atomic E-state index is 10.8. The van der Waals surface area contributed by atoms with E-state index in [1.807, 2.05) is 38.4 Å². The lowest BCUT2D eigenvalue weighted by molar-refractivity contribution is 0.0697. The molecule has 0 unspecified atom stereocenters. The van der Waals surface area contributed by atoms with E-state index >= 15 is 0 Å². The molecule has 1 heterocycles. The van der Waals surface area contributed by atoms with Gasteiger partial charge in [-0.15, -0.1) is 0 Å². The van der Waals surface area contributed by atoms with E-state index in [0.29, 0.717) is 5.56 Å². The van der Waals surface area contributed by atoms with E-state index in [4.69, 9.17) is 5.11 Å². The van der Waals surface area contributed by atoms with Crippen LogP contribution in [0.3, 0.4) is 0 Å². The molecule has 0 radical (unpaired) electrons. The number of carboxylic acid groups (broad SMARTS) is 1. The van der Waals surface area contributed by atoms with Crippen LogP contribution < -0.4 is 4.90 Å². The van der Waals surface area contributed by atoms with Crippen molar-refractivity contribution in [3.8, 4) is 0 Å². The fraction of sp³-hybridized carbons (Fsp3) is 0.200. The molecular formula is C15H16N2O2. The summed E-state index contributed by atoms with van der Waals surface area (Å²) >= 11 is 0. The second-order valence-electron chi connectivity index (χ2n) is 4.52. The van der Waals surface area contributed by atoms with Gasteiger partial charge in [-0.05, 0) is 36.2 Å². The zero-order chi connectivity index (χ0) is 13.8. The summed E-state index contributed by atoms with van der Waals surface area (Å²) in [7, 11) is 2.01. The molecular weight excluding hydrogens is 240 g/mol. The van der Waals surface area contributed by atoms with Crippen molar-refractivity contribution in [1.29, 1.82) is 0 Å². The van der Waals surface area contributed by atoms with Gasteiger partial charge in [-0.1, -0.05) is 12.1 Å². The molecule has 0 spiro atoms. The van der Waals surface area contributed by atoms with Gasteiger partial charge >= 0.3 is 5.97 Å². The van der Waals surface area contributed by atoms with Gasteiger partial charge < -0.3 is 10.0 Å². The highest BCUT2D eigenvalue weighted by Crippen LogP contribution is 2.19. The fourth-order valence-electron chi connectivity index (χ4n) is 2.01. The van der Waals surface area contributed by atoms with E-state index < -0.39 is 5.97 Å². The summed E-state index contributed by atoms with van der Waals surface area (Å²) in [5, 5.41) is 8.85. The Balaban J connectivity index is 2.13. The summed E-state index contributed by atoms with van der Waals surface area (Å²) in [6.45, 7) is 2.75. The lowest BCUT2D eigenvalue weighted by Gasteiger charge is -2.21. The Labute approximate surface area is 112 Å². The molecule has 0 saturated heterocycles. The number of anilines is 1. The number of benzene rings is 1. The van der Waals surface area contributed by atoms with E-state index in [9.17, 15) is 4.79 Å². The topological polar surface area (TPSA) is 53.4 Å². The third-order valence-corrected chi connectivity index (χ3v) is 3.02. The number of aryl methyl sites for hydroxylation is 1. The van der Waals surface area contributed by atoms with Crippen molar-refractivity contribution in [3.63, 3.8) is 0 Å². The number of carboxylic acids is 1. The number of hydrogen-bond acceptors (Lipinski definition) is 3. The normalized spacial score (nSPS) is 10.2. The van der Waals surface area contributed by atoms with Crippen molar-refractivity contribution in [2.45, 2.75) is 13.5 Å². The number of nitrogens with zero attached hydrogens (tertiary/aromatic N) is 2. The maximum absolute atomic E-state index is 10.8. The van der Waals surface area contributed by atoms with Gasteiger partial charge in [-0.25, -0.2) is 4.79 Å². The van der Waals surface area contributed by atoms with Gasteiger partial charge in [0.25, 0.3) is 0 Å². The number of aromatic nitrogens is 1. The predicted molar refractivity (Wildman–Crippen MR) is 74.5 cm³/mol. The molecule has 19 heavy (non-hydrogen) atoms. The summed E-state index contributed by atoms with van der Waals surface area (Å²) in [6.07, 6.45) is 3.60. The van der Waals surface area contributed by atoms with Gasteiger partial charge in [-0.2, -0.15) is 0 Å². The molecule has 2 aromatic rings. The van der Waals surface area contributed by atoms with Crippen LogP contribution in [0, 0.1) is 6.92 Å². The predicted octanol–water partition coefficient (Wildman–Crippen LogP) is 2.72. The zero-order valence-electron chi connectivity index (χ0n) is 11.0. The van der Waals surface area contributed by atoms with Crippen LogP contribution in [0.15, 0.2) is 42.7 Å². The molecule has 0 bridgehead atoms. The Kier molecular flexibility index (Phi) is 3.80. The zero-order valence-corrected chi connectivity index (χ0v) is 11.0. The molecule has 98 valence electrons. The van der Waals surface area contributed by atoms with E-state index in [2.05, 4.69) is 9.88 Å². The Morgan fingerprint density at radius 3 is 2.53 bits per heavy atom. The highest BCUT2D eigenvalue weighted by molar-refractivity contribution is 5.87. The average molecular weight is 256 g/mol. The van der Waals surface area contributed by atoms with Crippen molar-refractivity contribution in [2.24, 2.45) is 0 Å². The van der Waals surface area contributed by atoms with E-state index in [-0.39, 0.29) is 0 Å². The first-order chi connectivity index (χ1) is 9.08. The SMILES string of the molecule is Cc1cnccc1N(C)Cc1ccc(C(=O)O)cc1. The molecule has 1 aromatic heterocycles. The van der Waals surface area contributed by atoms with Crippen LogP contribution in [-0.2, 0) is 6.54 Å². The van der Waals surface area contributed by atoms with Gasteiger partial charge in [0.15, 0.2) is 0 Å². The van der Waals surface area contributed by atoms with Crippen LogP contribution in [0.4, 0.5) is 5.69 Å². The minimum Gasteiger partial charge on any atom is -0.478 e. The van der Waals surface area contributed by atoms with Crippen LogP contribution in [0.5, 0.6) is 0 Å². The number of carbonyl (C=O) groups is 1. The molecule has 0 aliphatic rings. The number of hydrogen-bond donors (Lipinski definition) is 1. The molecule has 4 heteroatoms. The molecule has 0 saturated carbocycles. The van der Waals surface area contributed by atoms with E-state index in [1.54, 1.807) is 18.3 Å². The van der Waals surface area contributed by atoms with E-state index in [1.165, 1.54) is 0 Å². The first kappa shape index (κ1) is 13.1. The molecule has 0 aliphatic carbocycles. The molecule has 1 aromatic carbocycles. The summed E-state index contributed by atoms with van der Waals surface area (Å²) in [4.78, 5) is 17.0. The van der Waals surface area contributed by atoms with Crippen LogP contribution in [0.2, 0.25) is 0 Å². The highest BCUT2D eigenvalue weighted by atomic mass is 16.4. The molecule has 4 nitrogen and oxygen atoms in total. The summed E-state index contributed by atoms with van der Waals surface area (Å²) in [5.41, 5.74) is 3.62. The van der Waals surface area contributed by atoms with Gasteiger partial charge in [0.1, 0.15) is 0 Å². The molecule has 0 fully saturated rings. The minimum absolute atomic E-state index is 0.312.